The predicted octanol–water partition coefficient (Wildman–Crippen LogP) is 1.67. The lowest BCUT2D eigenvalue weighted by molar-refractivity contribution is -0.131. The molecule has 0 spiro atoms. The molecule has 0 saturated heterocycles. The lowest BCUT2D eigenvalue weighted by Gasteiger charge is -2.02. The van der Waals surface area contributed by atoms with Crippen LogP contribution in [0, 0.1) is 0 Å². The van der Waals surface area contributed by atoms with Crippen molar-refractivity contribution < 1.29 is 9.90 Å². The van der Waals surface area contributed by atoms with Crippen LogP contribution in [0.4, 0.5) is 0 Å². The molecule has 0 amide bonds. The topological polar surface area (TPSA) is 72.2 Å². The fraction of sp³-hybridized carbons (Fsp3) is 0.0833. The Kier molecular flexibility index (Phi) is 3.47. The highest BCUT2D eigenvalue weighted by Gasteiger charge is 2.03. The number of rotatable bonds is 3. The average Bonchev–Trinajstić information content (AvgIpc) is 2.37. The summed E-state index contributed by atoms with van der Waals surface area (Å²) in [5.74, 6) is -1.11. The molecule has 0 atom stereocenters. The summed E-state index contributed by atoms with van der Waals surface area (Å²) < 4.78 is 1.15. The van der Waals surface area contributed by atoms with Gasteiger partial charge in [0.05, 0.1) is 10.9 Å². The van der Waals surface area contributed by atoms with Crippen molar-refractivity contribution in [2.45, 2.75) is 4.90 Å². The quantitative estimate of drug-likeness (QED) is 0.673. The molecule has 18 heavy (non-hydrogen) atoms. The lowest BCUT2D eigenvalue weighted by Crippen LogP contribution is -2.16. The van der Waals surface area contributed by atoms with Gasteiger partial charge in [0.15, 0.2) is 0 Å². The van der Waals surface area contributed by atoms with E-state index in [1.165, 1.54) is 24.3 Å². The maximum atomic E-state index is 12.1. The Morgan fingerprint density at radius 2 is 2.28 bits per heavy atom. The molecule has 5 nitrogen and oxygen atoms in total. The van der Waals surface area contributed by atoms with Gasteiger partial charge in [-0.3, -0.25) is 9.36 Å². The van der Waals surface area contributed by atoms with Crippen LogP contribution in [0.15, 0.2) is 40.3 Å². The van der Waals surface area contributed by atoms with E-state index in [0.717, 1.165) is 15.5 Å². The van der Waals surface area contributed by atoms with Gasteiger partial charge in [-0.2, -0.15) is 0 Å². The van der Waals surface area contributed by atoms with E-state index in [9.17, 15) is 9.59 Å². The highest BCUT2D eigenvalue weighted by Crippen LogP contribution is 2.18. The number of aromatic nitrogens is 2. The van der Waals surface area contributed by atoms with E-state index in [-0.39, 0.29) is 5.56 Å². The molecule has 0 aliphatic carbocycles. The predicted molar refractivity (Wildman–Crippen MR) is 70.7 cm³/mol. The number of carboxylic acids is 1. The number of thioether (sulfide) groups is 1. The average molecular weight is 262 g/mol. The first-order chi connectivity index (χ1) is 8.61. The van der Waals surface area contributed by atoms with Crippen LogP contribution >= 0.6 is 11.8 Å². The highest BCUT2D eigenvalue weighted by molar-refractivity contribution is 7.98. The molecule has 0 radical (unpaired) electrons. The standard InChI is InChI=1S/C12H10N2O3S/c1-18-8-2-3-10-9(6-8)12(17)14(7-13-10)5-4-11(15)16/h2-7H,1H3,(H,15,16)/b5-4-. The largest absolute Gasteiger partial charge is 0.478 e. The van der Waals surface area contributed by atoms with Crippen LogP contribution in [0.2, 0.25) is 0 Å². The van der Waals surface area contributed by atoms with Crippen LogP contribution in [-0.4, -0.2) is 26.9 Å². The second-order valence-electron chi connectivity index (χ2n) is 3.49. The molecule has 92 valence electrons. The van der Waals surface area contributed by atoms with Gasteiger partial charge in [0.25, 0.3) is 5.56 Å². The van der Waals surface area contributed by atoms with Gasteiger partial charge in [0.1, 0.15) is 6.33 Å². The number of nitrogens with zero attached hydrogens (tertiary/aromatic N) is 2. The number of carbonyl (C=O) groups is 1. The molecule has 2 rings (SSSR count). The fourth-order valence-corrected chi connectivity index (χ4v) is 1.93. The molecule has 0 saturated carbocycles. The molecule has 0 fully saturated rings. The van der Waals surface area contributed by atoms with Crippen LogP contribution < -0.4 is 5.56 Å². The van der Waals surface area contributed by atoms with E-state index in [1.54, 1.807) is 12.1 Å². The van der Waals surface area contributed by atoms with Crippen molar-refractivity contribution in [1.29, 1.82) is 0 Å². The Hall–Kier alpha value is -2.08. The molecule has 6 heteroatoms. The first-order valence-electron chi connectivity index (χ1n) is 5.08. The van der Waals surface area contributed by atoms with Crippen LogP contribution in [-0.2, 0) is 4.79 Å². The van der Waals surface area contributed by atoms with Crippen molar-refractivity contribution in [2.75, 3.05) is 6.26 Å². The van der Waals surface area contributed by atoms with Crippen molar-refractivity contribution in [3.63, 3.8) is 0 Å². The molecular formula is C12H10N2O3S. The van der Waals surface area contributed by atoms with Crippen molar-refractivity contribution >= 4 is 34.8 Å². The maximum Gasteiger partial charge on any atom is 0.329 e. The summed E-state index contributed by atoms with van der Waals surface area (Å²) in [5, 5.41) is 9.01. The second kappa shape index (κ2) is 5.05. The number of fused-ring (bicyclic) bond motifs is 1. The molecule has 1 aromatic heterocycles. The number of carboxylic acid groups (broad SMARTS) is 1. The molecule has 0 unspecified atom stereocenters. The fourth-order valence-electron chi connectivity index (χ4n) is 1.49. The minimum atomic E-state index is -1.11. The summed E-state index contributed by atoms with van der Waals surface area (Å²) in [6, 6.07) is 5.41. The van der Waals surface area contributed by atoms with Gasteiger partial charge in [0, 0.05) is 17.2 Å². The second-order valence-corrected chi connectivity index (χ2v) is 4.37. The lowest BCUT2D eigenvalue weighted by atomic mass is 10.2. The van der Waals surface area contributed by atoms with E-state index in [1.807, 2.05) is 12.3 Å². The molecule has 1 aromatic carbocycles. The van der Waals surface area contributed by atoms with Gasteiger partial charge in [-0.05, 0) is 24.5 Å². The van der Waals surface area contributed by atoms with Gasteiger partial charge in [-0.1, -0.05) is 0 Å². The van der Waals surface area contributed by atoms with E-state index in [0.29, 0.717) is 10.9 Å². The summed E-state index contributed by atoms with van der Waals surface area (Å²) in [6.45, 7) is 0. The van der Waals surface area contributed by atoms with Crippen molar-refractivity contribution in [3.05, 3.63) is 41.0 Å². The number of aliphatic carboxylic acids is 1. The van der Waals surface area contributed by atoms with Crippen LogP contribution in [0.3, 0.4) is 0 Å². The monoisotopic (exact) mass is 262 g/mol. The first kappa shape index (κ1) is 12.4. The Labute approximate surface area is 107 Å². The van der Waals surface area contributed by atoms with Gasteiger partial charge in [-0.15, -0.1) is 11.8 Å². The normalized spacial score (nSPS) is 11.2. The van der Waals surface area contributed by atoms with Gasteiger partial charge in [0.2, 0.25) is 0 Å². The Morgan fingerprint density at radius 3 is 2.94 bits per heavy atom. The smallest absolute Gasteiger partial charge is 0.329 e. The van der Waals surface area contributed by atoms with E-state index < -0.39 is 5.97 Å². The summed E-state index contributed by atoms with van der Waals surface area (Å²) in [6.07, 6.45) is 5.31. The zero-order valence-electron chi connectivity index (χ0n) is 9.53. The third-order valence-corrected chi connectivity index (χ3v) is 3.09. The molecule has 0 bridgehead atoms. The van der Waals surface area contributed by atoms with E-state index >= 15 is 0 Å². The molecule has 1 heterocycles. The van der Waals surface area contributed by atoms with Gasteiger partial charge < -0.3 is 5.11 Å². The maximum absolute atomic E-state index is 12.1. The molecule has 0 aliphatic heterocycles. The van der Waals surface area contributed by atoms with Gasteiger partial charge in [-0.25, -0.2) is 9.78 Å². The first-order valence-corrected chi connectivity index (χ1v) is 6.30. The zero-order valence-corrected chi connectivity index (χ0v) is 10.3. The summed E-state index contributed by atoms with van der Waals surface area (Å²) in [7, 11) is 0. The molecular weight excluding hydrogens is 252 g/mol. The summed E-state index contributed by atoms with van der Waals surface area (Å²) >= 11 is 1.53. The summed E-state index contributed by atoms with van der Waals surface area (Å²) in [5.41, 5.74) is 0.311. The van der Waals surface area contributed by atoms with E-state index in [4.69, 9.17) is 5.11 Å². The third kappa shape index (κ3) is 2.43. The third-order valence-electron chi connectivity index (χ3n) is 2.37. The van der Waals surface area contributed by atoms with E-state index in [2.05, 4.69) is 4.98 Å². The van der Waals surface area contributed by atoms with Crippen LogP contribution in [0.5, 0.6) is 0 Å². The minimum absolute atomic E-state index is 0.284. The zero-order chi connectivity index (χ0) is 13.1. The van der Waals surface area contributed by atoms with Crippen molar-refractivity contribution in [2.24, 2.45) is 0 Å². The minimum Gasteiger partial charge on any atom is -0.478 e. The summed E-state index contributed by atoms with van der Waals surface area (Å²) in [4.78, 5) is 27.6. The molecule has 0 aliphatic rings. The highest BCUT2D eigenvalue weighted by atomic mass is 32.2. The van der Waals surface area contributed by atoms with Crippen molar-refractivity contribution in [3.8, 4) is 0 Å². The molecule has 2 aromatic rings. The SMILES string of the molecule is CSc1ccc2ncn(/C=C\C(=O)O)c(=O)c2c1. The van der Waals surface area contributed by atoms with Gasteiger partial charge >= 0.3 is 5.97 Å². The Bertz CT molecular complexity index is 691. The Balaban J connectivity index is 2.62. The molecule has 1 N–H and O–H groups in total. The number of hydrogen-bond acceptors (Lipinski definition) is 4. The van der Waals surface area contributed by atoms with Crippen molar-refractivity contribution in [1.82, 2.24) is 9.55 Å². The van der Waals surface area contributed by atoms with Crippen LogP contribution in [0.25, 0.3) is 17.1 Å². The number of hydrogen-bond donors (Lipinski definition) is 1. The Morgan fingerprint density at radius 1 is 1.50 bits per heavy atom. The van der Waals surface area contributed by atoms with Crippen LogP contribution in [0.1, 0.15) is 0 Å². The number of benzene rings is 1.